The van der Waals surface area contributed by atoms with Crippen LogP contribution in [0.4, 0.5) is 0 Å². The van der Waals surface area contributed by atoms with Gasteiger partial charge in [0.15, 0.2) is 5.43 Å². The van der Waals surface area contributed by atoms with Crippen LogP contribution in [0.3, 0.4) is 0 Å². The van der Waals surface area contributed by atoms with Crippen molar-refractivity contribution in [3.63, 3.8) is 0 Å². The summed E-state index contributed by atoms with van der Waals surface area (Å²) >= 11 is 9.10. The van der Waals surface area contributed by atoms with Gasteiger partial charge in [0.05, 0.1) is 9.86 Å². The summed E-state index contributed by atoms with van der Waals surface area (Å²) < 4.78 is 6.25. The SMILES string of the molecule is CC.O=c1cc(-c2ccc(O)c(Br)c2)oc2ccc(Cl)cc12. The first-order valence-corrected chi connectivity index (χ1v) is 7.94. The third kappa shape index (κ3) is 3.34. The molecular weight excluding hydrogens is 368 g/mol. The predicted molar refractivity (Wildman–Crippen MR) is 93.6 cm³/mol. The molecule has 114 valence electrons. The van der Waals surface area contributed by atoms with Crippen molar-refractivity contribution >= 4 is 38.5 Å². The van der Waals surface area contributed by atoms with Crippen LogP contribution >= 0.6 is 27.5 Å². The molecule has 3 rings (SSSR count). The Balaban J connectivity index is 0.000000847. The Bertz CT molecular complexity index is 871. The monoisotopic (exact) mass is 380 g/mol. The molecule has 0 fully saturated rings. The fourth-order valence-corrected chi connectivity index (χ4v) is 2.48. The smallest absolute Gasteiger partial charge is 0.193 e. The second-order valence-electron chi connectivity index (χ2n) is 4.28. The number of fused-ring (bicyclic) bond motifs is 1. The van der Waals surface area contributed by atoms with E-state index in [1.165, 1.54) is 12.1 Å². The fourth-order valence-electron chi connectivity index (χ4n) is 1.93. The molecule has 0 spiro atoms. The Hall–Kier alpha value is -1.78. The molecule has 5 heteroatoms. The highest BCUT2D eigenvalue weighted by atomic mass is 79.9. The maximum absolute atomic E-state index is 12.1. The van der Waals surface area contributed by atoms with Crippen LogP contribution in [0.2, 0.25) is 5.02 Å². The van der Waals surface area contributed by atoms with Crippen molar-refractivity contribution in [1.29, 1.82) is 0 Å². The molecule has 2 aromatic carbocycles. The minimum atomic E-state index is -0.159. The molecule has 0 unspecified atom stereocenters. The molecule has 0 saturated carbocycles. The lowest BCUT2D eigenvalue weighted by atomic mass is 10.1. The highest BCUT2D eigenvalue weighted by Crippen LogP contribution is 2.30. The van der Waals surface area contributed by atoms with Crippen molar-refractivity contribution in [2.45, 2.75) is 13.8 Å². The number of halogens is 2. The van der Waals surface area contributed by atoms with Gasteiger partial charge >= 0.3 is 0 Å². The molecular formula is C17H14BrClO3. The van der Waals surface area contributed by atoms with E-state index in [1.54, 1.807) is 30.3 Å². The zero-order chi connectivity index (χ0) is 16.3. The molecule has 1 heterocycles. The van der Waals surface area contributed by atoms with Crippen molar-refractivity contribution in [1.82, 2.24) is 0 Å². The number of rotatable bonds is 1. The predicted octanol–water partition coefficient (Wildman–Crippen LogP) is 5.61. The Morgan fingerprint density at radius 1 is 1.09 bits per heavy atom. The molecule has 0 aliphatic carbocycles. The lowest BCUT2D eigenvalue weighted by Gasteiger charge is -2.05. The van der Waals surface area contributed by atoms with E-state index in [2.05, 4.69) is 15.9 Å². The molecule has 3 nitrogen and oxygen atoms in total. The maximum atomic E-state index is 12.1. The van der Waals surface area contributed by atoms with Crippen LogP contribution < -0.4 is 5.43 Å². The van der Waals surface area contributed by atoms with E-state index in [0.29, 0.717) is 31.8 Å². The first-order chi connectivity index (χ1) is 10.5. The van der Waals surface area contributed by atoms with Crippen LogP contribution in [-0.4, -0.2) is 5.11 Å². The van der Waals surface area contributed by atoms with E-state index in [4.69, 9.17) is 16.0 Å². The number of aromatic hydroxyl groups is 1. The van der Waals surface area contributed by atoms with Crippen molar-refractivity contribution in [3.05, 3.63) is 62.2 Å². The summed E-state index contributed by atoms with van der Waals surface area (Å²) in [6, 6.07) is 11.2. The number of hydrogen-bond donors (Lipinski definition) is 1. The van der Waals surface area contributed by atoms with E-state index >= 15 is 0 Å². The molecule has 0 radical (unpaired) electrons. The van der Waals surface area contributed by atoms with Gasteiger partial charge in [-0.25, -0.2) is 0 Å². The second-order valence-corrected chi connectivity index (χ2v) is 5.57. The summed E-state index contributed by atoms with van der Waals surface area (Å²) in [5, 5.41) is 10.4. The van der Waals surface area contributed by atoms with Crippen LogP contribution in [0.15, 0.2) is 56.1 Å². The summed E-state index contributed by atoms with van der Waals surface area (Å²) in [4.78, 5) is 12.1. The van der Waals surface area contributed by atoms with Gasteiger partial charge in [-0.2, -0.15) is 0 Å². The van der Waals surface area contributed by atoms with Crippen LogP contribution in [0.25, 0.3) is 22.3 Å². The average molecular weight is 382 g/mol. The lowest BCUT2D eigenvalue weighted by molar-refractivity contribution is 0.472. The third-order valence-corrected chi connectivity index (χ3v) is 3.79. The summed E-state index contributed by atoms with van der Waals surface area (Å²) in [6.07, 6.45) is 0. The zero-order valence-corrected chi connectivity index (χ0v) is 14.4. The summed E-state index contributed by atoms with van der Waals surface area (Å²) in [7, 11) is 0. The van der Waals surface area contributed by atoms with Crippen molar-refractivity contribution < 1.29 is 9.52 Å². The lowest BCUT2D eigenvalue weighted by Crippen LogP contribution is -2.00. The molecule has 0 atom stereocenters. The standard InChI is InChI=1S/C15H8BrClO3.C2H6/c16-11-5-8(1-3-12(11)18)15-7-13(19)10-6-9(17)2-4-14(10)20-15;1-2/h1-7,18H;1-2H3. The van der Waals surface area contributed by atoms with Gasteiger partial charge in [0.1, 0.15) is 17.1 Å². The van der Waals surface area contributed by atoms with Crippen molar-refractivity contribution in [3.8, 4) is 17.1 Å². The number of hydrogen-bond acceptors (Lipinski definition) is 3. The molecule has 0 amide bonds. The molecule has 0 aliphatic rings. The first-order valence-electron chi connectivity index (χ1n) is 6.77. The Labute approximate surface area is 141 Å². The fraction of sp³-hybridized carbons (Fsp3) is 0.118. The number of benzene rings is 2. The van der Waals surface area contributed by atoms with E-state index in [-0.39, 0.29) is 11.2 Å². The third-order valence-electron chi connectivity index (χ3n) is 2.92. The normalized spacial score (nSPS) is 10.2. The van der Waals surface area contributed by atoms with Gasteiger partial charge in [0, 0.05) is 16.7 Å². The summed E-state index contributed by atoms with van der Waals surface area (Å²) in [6.45, 7) is 4.00. The molecule has 1 aromatic heterocycles. The van der Waals surface area contributed by atoms with Crippen LogP contribution in [0.1, 0.15) is 13.8 Å². The minimum absolute atomic E-state index is 0.128. The van der Waals surface area contributed by atoms with Crippen LogP contribution in [-0.2, 0) is 0 Å². The first kappa shape index (κ1) is 16.6. The van der Waals surface area contributed by atoms with Gasteiger partial charge in [-0.15, -0.1) is 0 Å². The summed E-state index contributed by atoms with van der Waals surface area (Å²) in [5.74, 6) is 0.564. The van der Waals surface area contributed by atoms with Crippen LogP contribution in [0.5, 0.6) is 5.75 Å². The van der Waals surface area contributed by atoms with Crippen molar-refractivity contribution in [2.24, 2.45) is 0 Å². The highest BCUT2D eigenvalue weighted by molar-refractivity contribution is 9.10. The van der Waals surface area contributed by atoms with Crippen molar-refractivity contribution in [2.75, 3.05) is 0 Å². The Kier molecular flexibility index (Phi) is 5.27. The molecule has 1 N–H and O–H groups in total. The number of phenolic OH excluding ortho intramolecular Hbond substituents is 1. The van der Waals surface area contributed by atoms with E-state index in [9.17, 15) is 9.90 Å². The quantitative estimate of drug-likeness (QED) is 0.596. The van der Waals surface area contributed by atoms with Gasteiger partial charge in [-0.05, 0) is 52.3 Å². The molecule has 0 aliphatic heterocycles. The second kappa shape index (κ2) is 6.99. The summed E-state index contributed by atoms with van der Waals surface area (Å²) in [5.41, 5.74) is 1.01. The van der Waals surface area contributed by atoms with Gasteiger partial charge in [0.2, 0.25) is 0 Å². The maximum Gasteiger partial charge on any atom is 0.193 e. The Morgan fingerprint density at radius 3 is 2.50 bits per heavy atom. The van der Waals surface area contributed by atoms with Crippen LogP contribution in [0, 0.1) is 0 Å². The average Bonchev–Trinajstić information content (AvgIpc) is 2.52. The highest BCUT2D eigenvalue weighted by Gasteiger charge is 2.09. The molecule has 22 heavy (non-hydrogen) atoms. The van der Waals surface area contributed by atoms with E-state index in [0.717, 1.165) is 0 Å². The Morgan fingerprint density at radius 2 is 1.82 bits per heavy atom. The van der Waals surface area contributed by atoms with Gasteiger partial charge in [-0.3, -0.25) is 4.79 Å². The van der Waals surface area contributed by atoms with Gasteiger partial charge in [0.25, 0.3) is 0 Å². The molecule has 3 aromatic rings. The zero-order valence-electron chi connectivity index (χ0n) is 12.1. The van der Waals surface area contributed by atoms with E-state index < -0.39 is 0 Å². The van der Waals surface area contributed by atoms with E-state index in [1.807, 2.05) is 13.8 Å². The molecule has 0 bridgehead atoms. The van der Waals surface area contributed by atoms with Gasteiger partial charge in [-0.1, -0.05) is 25.4 Å². The minimum Gasteiger partial charge on any atom is -0.507 e. The number of phenols is 1. The topological polar surface area (TPSA) is 50.4 Å². The molecule has 0 saturated heterocycles. The largest absolute Gasteiger partial charge is 0.507 e. The van der Waals surface area contributed by atoms with Gasteiger partial charge < -0.3 is 9.52 Å².